The van der Waals surface area contributed by atoms with E-state index in [9.17, 15) is 19.2 Å². The molecule has 20 nitrogen and oxygen atoms in total. The number of aromatic nitrogens is 8. The molecule has 3 amide bonds. The standard InChI is InChI=1S/C41H48N12O7.CH5N/c1-6-52-31(15-24(3)48-52)38(56)46-40-44-29-17-26(23-54)18-34(60-14-10-13-59-28-21-43-22-28)36(29)51(40)12-9-8-11-50-35-30(19-27(37(42)55)20-33(35)58-5)45-41(50)47-39(57)32-16-25(4)49-53(32)7-2;1-2/h8-9,15-20,23,28,43H,6-7,10-14,21-22H2,1-5H3,(H2,42,55)(H,44,46,56)(H,45,47,57);2H2,1H3/b9-8+;. The Bertz CT molecular complexity index is 2620. The van der Waals surface area contributed by atoms with E-state index < -0.39 is 17.7 Å². The van der Waals surface area contributed by atoms with Crippen molar-refractivity contribution in [3.05, 3.63) is 82.5 Å². The van der Waals surface area contributed by atoms with Crippen molar-refractivity contribution in [3.8, 4) is 11.5 Å². The number of carbonyl (C=O) groups excluding carboxylic acids is 4. The summed E-state index contributed by atoms with van der Waals surface area (Å²) in [5.74, 6) is -0.342. The Labute approximate surface area is 357 Å². The zero-order valence-electron chi connectivity index (χ0n) is 35.7. The van der Waals surface area contributed by atoms with E-state index >= 15 is 0 Å². The van der Waals surface area contributed by atoms with Crippen molar-refractivity contribution >= 4 is 58.0 Å². The third-order valence-corrected chi connectivity index (χ3v) is 9.98. The number of benzene rings is 2. The van der Waals surface area contributed by atoms with Crippen LogP contribution in [-0.2, 0) is 30.9 Å². The van der Waals surface area contributed by atoms with Crippen molar-refractivity contribution in [1.29, 1.82) is 0 Å². The highest BCUT2D eigenvalue weighted by molar-refractivity contribution is 6.05. The Morgan fingerprint density at radius 1 is 0.806 bits per heavy atom. The maximum atomic E-state index is 13.7. The first-order valence-electron chi connectivity index (χ1n) is 20.3. The van der Waals surface area contributed by atoms with E-state index in [4.69, 9.17) is 29.9 Å². The Hall–Kier alpha value is -6.90. The van der Waals surface area contributed by atoms with Crippen LogP contribution in [0.3, 0.4) is 0 Å². The molecule has 0 spiro atoms. The van der Waals surface area contributed by atoms with Crippen LogP contribution >= 0.6 is 0 Å². The summed E-state index contributed by atoms with van der Waals surface area (Å²) in [6.45, 7) is 11.2. The number of hydrogen-bond acceptors (Lipinski definition) is 13. The third kappa shape index (κ3) is 9.67. The van der Waals surface area contributed by atoms with Crippen LogP contribution in [0.5, 0.6) is 11.5 Å². The van der Waals surface area contributed by atoms with Gasteiger partial charge in [0.1, 0.15) is 40.2 Å². The van der Waals surface area contributed by atoms with Crippen LogP contribution in [0.25, 0.3) is 22.1 Å². The normalized spacial score (nSPS) is 12.6. The quantitative estimate of drug-likeness (QED) is 0.0445. The minimum atomic E-state index is -0.662. The number of primary amides is 1. The van der Waals surface area contributed by atoms with Crippen LogP contribution in [0.15, 0.2) is 48.6 Å². The van der Waals surface area contributed by atoms with Gasteiger partial charge in [0.15, 0.2) is 0 Å². The van der Waals surface area contributed by atoms with E-state index in [1.165, 1.54) is 20.2 Å². The molecule has 7 rings (SSSR count). The molecule has 0 bridgehead atoms. The molecule has 20 heteroatoms. The summed E-state index contributed by atoms with van der Waals surface area (Å²) in [5, 5.41) is 17.9. The summed E-state index contributed by atoms with van der Waals surface area (Å²) in [6, 6.07) is 9.76. The van der Waals surface area contributed by atoms with E-state index in [1.807, 2.05) is 32.9 Å². The molecule has 4 aromatic heterocycles. The SMILES string of the molecule is CCn1nc(C)cc1C(=O)Nc1nc2cc(C(N)=O)cc(OC)c2n1C/C=C/Cn1c(NC(=O)c2cc(C)nn2CC)nc2cc(C=O)cc(OCCCOC3CNC3)c21.CN. The van der Waals surface area contributed by atoms with Crippen LogP contribution < -0.4 is 36.9 Å². The molecule has 1 aliphatic rings. The van der Waals surface area contributed by atoms with Gasteiger partial charge in [0.05, 0.1) is 48.8 Å². The van der Waals surface area contributed by atoms with Crippen molar-refractivity contribution in [2.75, 3.05) is 51.1 Å². The van der Waals surface area contributed by atoms with Gasteiger partial charge in [0.25, 0.3) is 11.8 Å². The van der Waals surface area contributed by atoms with E-state index in [2.05, 4.69) is 31.9 Å². The lowest BCUT2D eigenvalue weighted by atomic mass is 10.1. The number of nitrogens with zero attached hydrogens (tertiary/aromatic N) is 8. The van der Waals surface area contributed by atoms with Crippen LogP contribution in [0.4, 0.5) is 11.9 Å². The van der Waals surface area contributed by atoms with Gasteiger partial charge in [-0.1, -0.05) is 12.2 Å². The van der Waals surface area contributed by atoms with Gasteiger partial charge in [-0.25, -0.2) is 9.97 Å². The largest absolute Gasteiger partial charge is 0.494 e. The first kappa shape index (κ1) is 44.6. The molecule has 328 valence electrons. The summed E-state index contributed by atoms with van der Waals surface area (Å²) >= 11 is 0. The maximum absolute atomic E-state index is 13.7. The molecule has 1 aliphatic heterocycles. The van der Waals surface area contributed by atoms with E-state index in [1.54, 1.807) is 55.8 Å². The number of carbonyl (C=O) groups is 4. The Kier molecular flexibility index (Phi) is 14.5. The molecular formula is C42H53N13O7. The fraction of sp³-hybridized carbons (Fsp3) is 0.381. The topological polar surface area (TPSA) is 255 Å². The van der Waals surface area contributed by atoms with Gasteiger partial charge in [-0.15, -0.1) is 0 Å². The molecule has 5 heterocycles. The number of methoxy groups -OCH3 is 1. The molecular weight excluding hydrogens is 799 g/mol. The number of imidazole rings is 2. The number of nitrogens with one attached hydrogen (secondary N) is 3. The van der Waals surface area contributed by atoms with Crippen LogP contribution in [0.1, 0.15) is 73.3 Å². The van der Waals surface area contributed by atoms with Gasteiger partial charge in [-0.3, -0.25) is 39.2 Å². The number of fused-ring (bicyclic) bond motifs is 2. The molecule has 6 aromatic rings. The first-order valence-corrected chi connectivity index (χ1v) is 20.3. The highest BCUT2D eigenvalue weighted by Gasteiger charge is 2.23. The van der Waals surface area contributed by atoms with E-state index in [-0.39, 0.29) is 36.7 Å². The van der Waals surface area contributed by atoms with Gasteiger partial charge < -0.3 is 40.1 Å². The van der Waals surface area contributed by atoms with Crippen molar-refractivity contribution in [2.24, 2.45) is 11.5 Å². The van der Waals surface area contributed by atoms with E-state index in [0.717, 1.165) is 19.4 Å². The van der Waals surface area contributed by atoms with Crippen molar-refractivity contribution in [1.82, 2.24) is 44.0 Å². The molecule has 0 unspecified atom stereocenters. The second kappa shape index (κ2) is 20.1. The highest BCUT2D eigenvalue weighted by atomic mass is 16.5. The summed E-state index contributed by atoms with van der Waals surface area (Å²) < 4.78 is 24.6. The number of rotatable bonds is 19. The zero-order valence-corrected chi connectivity index (χ0v) is 35.7. The fourth-order valence-corrected chi connectivity index (χ4v) is 7.00. The number of hydrogen-bond donors (Lipinski definition) is 5. The molecule has 7 N–H and O–H groups in total. The number of amides is 3. The van der Waals surface area contributed by atoms with Crippen molar-refractivity contribution in [2.45, 2.75) is 66.4 Å². The number of nitrogens with two attached hydrogens (primary N) is 2. The Morgan fingerprint density at radius 3 is 1.84 bits per heavy atom. The molecule has 1 fully saturated rings. The average molecular weight is 852 g/mol. The summed E-state index contributed by atoms with van der Waals surface area (Å²) in [6.07, 6.45) is 5.26. The first-order chi connectivity index (χ1) is 30.0. The average Bonchev–Trinajstić information content (AvgIpc) is 4.02. The van der Waals surface area contributed by atoms with Crippen LogP contribution in [-0.4, -0.2) is 109 Å². The van der Waals surface area contributed by atoms with Crippen LogP contribution in [0, 0.1) is 13.8 Å². The molecule has 0 aliphatic carbocycles. The maximum Gasteiger partial charge on any atom is 0.276 e. The van der Waals surface area contributed by atoms with Crippen LogP contribution in [0.2, 0.25) is 0 Å². The number of ether oxygens (including phenoxy) is 3. The van der Waals surface area contributed by atoms with Gasteiger partial charge >= 0.3 is 0 Å². The second-order valence-corrected chi connectivity index (χ2v) is 14.2. The van der Waals surface area contributed by atoms with Gasteiger partial charge in [-0.2, -0.15) is 10.2 Å². The fourth-order valence-electron chi connectivity index (χ4n) is 7.00. The van der Waals surface area contributed by atoms with Gasteiger partial charge in [0.2, 0.25) is 17.8 Å². The van der Waals surface area contributed by atoms with Crippen molar-refractivity contribution < 1.29 is 33.4 Å². The molecule has 2 aromatic carbocycles. The monoisotopic (exact) mass is 851 g/mol. The van der Waals surface area contributed by atoms with Gasteiger partial charge in [0, 0.05) is 56.8 Å². The summed E-state index contributed by atoms with van der Waals surface area (Å²) in [5.41, 5.74) is 14.7. The number of allylic oxidation sites excluding steroid dienone is 2. The lowest BCUT2D eigenvalue weighted by Crippen LogP contribution is -2.48. The molecule has 0 radical (unpaired) electrons. The molecule has 62 heavy (non-hydrogen) atoms. The van der Waals surface area contributed by atoms with Crippen molar-refractivity contribution in [3.63, 3.8) is 0 Å². The predicted octanol–water partition coefficient (Wildman–Crippen LogP) is 3.45. The molecule has 0 saturated carbocycles. The van der Waals surface area contributed by atoms with E-state index in [0.29, 0.717) is 94.6 Å². The predicted molar refractivity (Wildman–Crippen MR) is 233 cm³/mol. The number of anilines is 2. The Morgan fingerprint density at radius 2 is 1.35 bits per heavy atom. The molecule has 1 saturated heterocycles. The highest BCUT2D eigenvalue weighted by Crippen LogP contribution is 2.33. The minimum Gasteiger partial charge on any atom is -0.494 e. The smallest absolute Gasteiger partial charge is 0.276 e. The molecule has 0 atom stereocenters. The summed E-state index contributed by atoms with van der Waals surface area (Å²) in [7, 11) is 2.97. The second-order valence-electron chi connectivity index (χ2n) is 14.2. The van der Waals surface area contributed by atoms with Gasteiger partial charge in [-0.05, 0) is 71.1 Å². The Balaban J connectivity index is 0.00000316. The zero-order chi connectivity index (χ0) is 44.5. The number of aryl methyl sites for hydroxylation is 4. The number of aldehydes is 1. The lowest BCUT2D eigenvalue weighted by molar-refractivity contribution is 0.0136. The third-order valence-electron chi connectivity index (χ3n) is 9.98. The lowest BCUT2D eigenvalue weighted by Gasteiger charge is -2.27. The minimum absolute atomic E-state index is 0.183. The summed E-state index contributed by atoms with van der Waals surface area (Å²) in [4.78, 5) is 61.1.